The summed E-state index contributed by atoms with van der Waals surface area (Å²) in [6, 6.07) is 10.1. The quantitative estimate of drug-likeness (QED) is 0.864. The third kappa shape index (κ3) is 2.89. The van der Waals surface area contributed by atoms with Gasteiger partial charge in [0.25, 0.3) is 0 Å². The van der Waals surface area contributed by atoms with Gasteiger partial charge >= 0.3 is 0 Å². The first kappa shape index (κ1) is 12.2. The van der Waals surface area contributed by atoms with Crippen LogP contribution >= 0.6 is 0 Å². The second-order valence-corrected chi connectivity index (χ2v) is 4.66. The standard InChI is InChI=1S/C15H20O2/c1-2-15(16,14-9-6-10-17-12-14)11-13-7-4-3-5-8-13/h3-5,7-8,12,16H,2,6,9-11H2,1H3. The molecule has 92 valence electrons. The molecular formula is C15H20O2. The third-order valence-corrected chi connectivity index (χ3v) is 3.46. The lowest BCUT2D eigenvalue weighted by Gasteiger charge is -2.31. The van der Waals surface area contributed by atoms with Crippen LogP contribution in [0.2, 0.25) is 0 Å². The van der Waals surface area contributed by atoms with Gasteiger partial charge in [-0.05, 0) is 30.4 Å². The van der Waals surface area contributed by atoms with E-state index in [4.69, 9.17) is 4.74 Å². The van der Waals surface area contributed by atoms with Crippen molar-refractivity contribution in [3.05, 3.63) is 47.7 Å². The van der Waals surface area contributed by atoms with Crippen LogP contribution in [-0.4, -0.2) is 17.3 Å². The molecule has 1 N–H and O–H groups in total. The van der Waals surface area contributed by atoms with Crippen molar-refractivity contribution in [1.29, 1.82) is 0 Å². The number of aliphatic hydroxyl groups is 1. The topological polar surface area (TPSA) is 29.5 Å². The van der Waals surface area contributed by atoms with Crippen LogP contribution in [0.3, 0.4) is 0 Å². The van der Waals surface area contributed by atoms with Crippen LogP contribution in [0, 0.1) is 0 Å². The van der Waals surface area contributed by atoms with Gasteiger partial charge in [-0.25, -0.2) is 0 Å². The highest BCUT2D eigenvalue weighted by Gasteiger charge is 2.31. The van der Waals surface area contributed by atoms with Gasteiger partial charge in [0.2, 0.25) is 0 Å². The largest absolute Gasteiger partial charge is 0.501 e. The van der Waals surface area contributed by atoms with Gasteiger partial charge in [0, 0.05) is 6.42 Å². The fourth-order valence-corrected chi connectivity index (χ4v) is 2.31. The summed E-state index contributed by atoms with van der Waals surface area (Å²) in [6.07, 6.45) is 5.09. The number of benzene rings is 1. The van der Waals surface area contributed by atoms with Gasteiger partial charge in [0.05, 0.1) is 18.5 Å². The molecule has 0 radical (unpaired) electrons. The number of ether oxygens (including phenoxy) is 1. The minimum absolute atomic E-state index is 0.666. The van der Waals surface area contributed by atoms with Gasteiger partial charge in [0.1, 0.15) is 0 Å². The molecular weight excluding hydrogens is 212 g/mol. The Kier molecular flexibility index (Phi) is 3.85. The molecule has 2 nitrogen and oxygen atoms in total. The van der Waals surface area contributed by atoms with E-state index in [0.29, 0.717) is 6.42 Å². The first-order valence-electron chi connectivity index (χ1n) is 6.32. The molecule has 1 atom stereocenters. The predicted octanol–water partition coefficient (Wildman–Crippen LogP) is 3.06. The van der Waals surface area contributed by atoms with Gasteiger partial charge in [-0.2, -0.15) is 0 Å². The molecule has 1 aromatic carbocycles. The summed E-state index contributed by atoms with van der Waals surface area (Å²) in [5.74, 6) is 0. The van der Waals surface area contributed by atoms with Crippen LogP contribution in [0.25, 0.3) is 0 Å². The zero-order valence-electron chi connectivity index (χ0n) is 10.4. The molecule has 1 aliphatic heterocycles. The molecule has 1 unspecified atom stereocenters. The van der Waals surface area contributed by atoms with E-state index >= 15 is 0 Å². The van der Waals surface area contributed by atoms with Crippen LogP contribution in [0.1, 0.15) is 31.7 Å². The molecule has 2 heteroatoms. The lowest BCUT2D eigenvalue weighted by atomic mass is 9.83. The lowest BCUT2D eigenvalue weighted by Crippen LogP contribution is -2.34. The first-order chi connectivity index (χ1) is 8.24. The molecule has 1 heterocycles. The van der Waals surface area contributed by atoms with Gasteiger partial charge in [-0.15, -0.1) is 0 Å². The second-order valence-electron chi connectivity index (χ2n) is 4.66. The van der Waals surface area contributed by atoms with Gasteiger partial charge in [0.15, 0.2) is 0 Å². The summed E-state index contributed by atoms with van der Waals surface area (Å²) in [5, 5.41) is 10.7. The Morgan fingerprint density at radius 3 is 2.65 bits per heavy atom. The number of hydrogen-bond acceptors (Lipinski definition) is 2. The Balaban J connectivity index is 2.16. The molecule has 1 aromatic rings. The summed E-state index contributed by atoms with van der Waals surface area (Å²) >= 11 is 0. The summed E-state index contributed by atoms with van der Waals surface area (Å²) in [5.41, 5.74) is 1.46. The van der Waals surface area contributed by atoms with Gasteiger partial charge in [-0.3, -0.25) is 0 Å². The molecule has 0 fully saturated rings. The van der Waals surface area contributed by atoms with Crippen molar-refractivity contribution in [3.8, 4) is 0 Å². The molecule has 0 saturated heterocycles. The molecule has 1 aliphatic rings. The summed E-state index contributed by atoms with van der Waals surface area (Å²) in [6.45, 7) is 2.80. The second kappa shape index (κ2) is 5.37. The molecule has 0 saturated carbocycles. The minimum Gasteiger partial charge on any atom is -0.501 e. The van der Waals surface area contributed by atoms with Crippen LogP contribution in [-0.2, 0) is 11.2 Å². The Bertz CT molecular complexity index is 383. The van der Waals surface area contributed by atoms with Crippen molar-refractivity contribution in [2.24, 2.45) is 0 Å². The maximum absolute atomic E-state index is 10.7. The van der Waals surface area contributed by atoms with E-state index in [0.717, 1.165) is 31.4 Å². The molecule has 0 aromatic heterocycles. The van der Waals surface area contributed by atoms with E-state index in [1.54, 1.807) is 6.26 Å². The molecule has 2 rings (SSSR count). The average molecular weight is 232 g/mol. The van der Waals surface area contributed by atoms with Crippen LogP contribution < -0.4 is 0 Å². The fourth-order valence-electron chi connectivity index (χ4n) is 2.31. The molecule has 0 spiro atoms. The predicted molar refractivity (Wildman–Crippen MR) is 68.7 cm³/mol. The zero-order valence-corrected chi connectivity index (χ0v) is 10.4. The van der Waals surface area contributed by atoms with Crippen molar-refractivity contribution in [3.63, 3.8) is 0 Å². The van der Waals surface area contributed by atoms with Crippen molar-refractivity contribution in [1.82, 2.24) is 0 Å². The first-order valence-corrected chi connectivity index (χ1v) is 6.32. The van der Waals surface area contributed by atoms with E-state index in [9.17, 15) is 5.11 Å². The Labute approximate surface area is 103 Å². The minimum atomic E-state index is -0.748. The average Bonchev–Trinajstić information content (AvgIpc) is 2.41. The SMILES string of the molecule is CCC(O)(Cc1ccccc1)C1=COCCC1. The summed E-state index contributed by atoms with van der Waals surface area (Å²) in [4.78, 5) is 0. The number of hydrogen-bond donors (Lipinski definition) is 1. The van der Waals surface area contributed by atoms with E-state index in [-0.39, 0.29) is 0 Å². The van der Waals surface area contributed by atoms with Crippen molar-refractivity contribution in [2.45, 2.75) is 38.2 Å². The van der Waals surface area contributed by atoms with Crippen molar-refractivity contribution < 1.29 is 9.84 Å². The lowest BCUT2D eigenvalue weighted by molar-refractivity contribution is 0.0588. The molecule has 0 aliphatic carbocycles. The van der Waals surface area contributed by atoms with E-state index in [2.05, 4.69) is 12.1 Å². The van der Waals surface area contributed by atoms with E-state index in [1.807, 2.05) is 25.1 Å². The Hall–Kier alpha value is -1.28. The normalized spacial score (nSPS) is 19.1. The fraction of sp³-hybridized carbons (Fsp3) is 0.467. The highest BCUT2D eigenvalue weighted by Crippen LogP contribution is 2.30. The van der Waals surface area contributed by atoms with Gasteiger partial charge < -0.3 is 9.84 Å². The van der Waals surface area contributed by atoms with Crippen LogP contribution in [0.15, 0.2) is 42.2 Å². The third-order valence-electron chi connectivity index (χ3n) is 3.46. The highest BCUT2D eigenvalue weighted by atomic mass is 16.5. The van der Waals surface area contributed by atoms with Crippen LogP contribution in [0.5, 0.6) is 0 Å². The van der Waals surface area contributed by atoms with Gasteiger partial charge in [-0.1, -0.05) is 37.3 Å². The summed E-state index contributed by atoms with van der Waals surface area (Å²) < 4.78 is 5.35. The highest BCUT2D eigenvalue weighted by molar-refractivity contribution is 5.24. The van der Waals surface area contributed by atoms with Crippen molar-refractivity contribution >= 4 is 0 Å². The molecule has 0 bridgehead atoms. The molecule has 17 heavy (non-hydrogen) atoms. The monoisotopic (exact) mass is 232 g/mol. The zero-order chi connectivity index (χ0) is 12.1. The van der Waals surface area contributed by atoms with Crippen molar-refractivity contribution in [2.75, 3.05) is 6.61 Å². The number of rotatable bonds is 4. The molecule has 0 amide bonds. The smallest absolute Gasteiger partial charge is 0.0926 e. The van der Waals surface area contributed by atoms with Crippen LogP contribution in [0.4, 0.5) is 0 Å². The summed E-state index contributed by atoms with van der Waals surface area (Å²) in [7, 11) is 0. The van der Waals surface area contributed by atoms with E-state index in [1.165, 1.54) is 5.56 Å². The Morgan fingerprint density at radius 2 is 2.06 bits per heavy atom. The maximum atomic E-state index is 10.7. The maximum Gasteiger partial charge on any atom is 0.0926 e. The van der Waals surface area contributed by atoms with E-state index < -0.39 is 5.60 Å². The Morgan fingerprint density at radius 1 is 1.29 bits per heavy atom.